The Morgan fingerprint density at radius 1 is 1.12 bits per heavy atom. The Morgan fingerprint density at radius 3 is 2.42 bits per heavy atom. The quantitative estimate of drug-likeness (QED) is 0.654. The lowest BCUT2D eigenvalue weighted by Crippen LogP contribution is -2.18. The Balaban J connectivity index is 2.08. The molecular formula is C19H15F4NO2. The van der Waals surface area contributed by atoms with Gasteiger partial charge in [-0.2, -0.15) is 13.2 Å². The largest absolute Gasteiger partial charge is 0.455 e. The van der Waals surface area contributed by atoms with Crippen LogP contribution < -0.4 is 5.32 Å². The molecule has 0 unspecified atom stereocenters. The number of carbonyl (C=O) groups is 1. The molecule has 3 nitrogen and oxygen atoms in total. The molecule has 0 saturated carbocycles. The fourth-order valence-corrected chi connectivity index (χ4v) is 2.74. The van der Waals surface area contributed by atoms with Crippen LogP contribution in [-0.4, -0.2) is 19.1 Å². The molecule has 0 aliphatic carbocycles. The number of carbonyl (C=O) groups excluding carboxylic acids is 1. The van der Waals surface area contributed by atoms with E-state index in [4.69, 9.17) is 4.42 Å². The van der Waals surface area contributed by atoms with Gasteiger partial charge in [-0.1, -0.05) is 12.1 Å². The summed E-state index contributed by atoms with van der Waals surface area (Å²) in [7, 11) is 1.47. The smallest absolute Gasteiger partial charge is 0.389 e. The minimum Gasteiger partial charge on any atom is -0.455 e. The molecule has 7 heteroatoms. The number of furan rings is 1. The third-order valence-corrected chi connectivity index (χ3v) is 4.01. The number of alkyl halides is 3. The van der Waals surface area contributed by atoms with Crippen molar-refractivity contribution < 1.29 is 26.8 Å². The van der Waals surface area contributed by atoms with E-state index >= 15 is 0 Å². The third-order valence-electron chi connectivity index (χ3n) is 4.01. The zero-order chi connectivity index (χ0) is 18.9. The number of nitrogens with one attached hydrogen (secondary N) is 1. The lowest BCUT2D eigenvalue weighted by molar-refractivity contribution is -0.134. The molecule has 1 aromatic heterocycles. The number of fused-ring (bicyclic) bond motifs is 1. The summed E-state index contributed by atoms with van der Waals surface area (Å²) in [5.41, 5.74) is 1.52. The highest BCUT2D eigenvalue weighted by molar-refractivity contribution is 6.11. The van der Waals surface area contributed by atoms with E-state index in [0.717, 1.165) is 0 Å². The molecule has 3 aromatic rings. The van der Waals surface area contributed by atoms with Gasteiger partial charge in [0.05, 0.1) is 5.56 Å². The summed E-state index contributed by atoms with van der Waals surface area (Å²) in [4.78, 5) is 12.3. The molecule has 0 bridgehead atoms. The van der Waals surface area contributed by atoms with Crippen molar-refractivity contribution in [2.45, 2.75) is 19.0 Å². The molecule has 0 saturated heterocycles. The van der Waals surface area contributed by atoms with Crippen LogP contribution >= 0.6 is 0 Å². The molecule has 1 heterocycles. The van der Waals surface area contributed by atoms with Gasteiger partial charge in [0.2, 0.25) is 0 Å². The average molecular weight is 365 g/mol. The van der Waals surface area contributed by atoms with Crippen LogP contribution in [0.4, 0.5) is 17.6 Å². The number of halogens is 4. The molecule has 0 aliphatic heterocycles. The standard InChI is InChI=1S/C19H15F4NO2/c1-24-18(25)16-14-7-2-11(8-9-19(21,22)23)10-15(14)26-17(16)12-3-5-13(20)6-4-12/h2-7,10H,8-9H2,1H3,(H,24,25). The normalized spacial score (nSPS) is 11.7. The predicted molar refractivity (Wildman–Crippen MR) is 89.4 cm³/mol. The second kappa shape index (κ2) is 6.82. The molecular weight excluding hydrogens is 350 g/mol. The van der Waals surface area contributed by atoms with Crippen LogP contribution in [0.15, 0.2) is 46.9 Å². The zero-order valence-electron chi connectivity index (χ0n) is 13.8. The van der Waals surface area contributed by atoms with Gasteiger partial charge in [-0.05, 0) is 42.3 Å². The van der Waals surface area contributed by atoms with Crippen molar-refractivity contribution in [1.82, 2.24) is 5.32 Å². The molecule has 136 valence electrons. The monoisotopic (exact) mass is 365 g/mol. The Bertz CT molecular complexity index is 943. The van der Waals surface area contributed by atoms with Crippen LogP contribution in [0.3, 0.4) is 0 Å². The summed E-state index contributed by atoms with van der Waals surface area (Å²) in [5.74, 6) is -0.584. The number of aryl methyl sites for hydroxylation is 1. The fourth-order valence-electron chi connectivity index (χ4n) is 2.74. The van der Waals surface area contributed by atoms with Gasteiger partial charge in [0.1, 0.15) is 17.2 Å². The first kappa shape index (κ1) is 18.0. The van der Waals surface area contributed by atoms with Gasteiger partial charge in [0.25, 0.3) is 5.91 Å². The highest BCUT2D eigenvalue weighted by Crippen LogP contribution is 2.35. The summed E-state index contributed by atoms with van der Waals surface area (Å²) in [5, 5.41) is 3.00. The first-order valence-electron chi connectivity index (χ1n) is 7.88. The first-order valence-corrected chi connectivity index (χ1v) is 7.88. The molecule has 0 fully saturated rings. The first-order chi connectivity index (χ1) is 12.3. The minimum atomic E-state index is -4.25. The number of hydrogen-bond acceptors (Lipinski definition) is 2. The second-order valence-corrected chi connectivity index (χ2v) is 5.84. The van der Waals surface area contributed by atoms with E-state index in [9.17, 15) is 22.4 Å². The van der Waals surface area contributed by atoms with E-state index in [2.05, 4.69) is 5.32 Å². The highest BCUT2D eigenvalue weighted by Gasteiger charge is 2.27. The van der Waals surface area contributed by atoms with E-state index in [1.807, 2.05) is 0 Å². The lowest BCUT2D eigenvalue weighted by Gasteiger charge is -2.05. The number of benzene rings is 2. The number of hydrogen-bond donors (Lipinski definition) is 1. The summed E-state index contributed by atoms with van der Waals surface area (Å²) in [6.07, 6.45) is -5.36. The van der Waals surface area contributed by atoms with Crippen molar-refractivity contribution in [3.05, 3.63) is 59.4 Å². The van der Waals surface area contributed by atoms with Gasteiger partial charge in [-0.3, -0.25) is 4.79 Å². The SMILES string of the molecule is CNC(=O)c1c(-c2ccc(F)cc2)oc2cc(CCC(F)(F)F)ccc12. The number of rotatable bonds is 4. The topological polar surface area (TPSA) is 42.2 Å². The molecule has 1 amide bonds. The van der Waals surface area contributed by atoms with Crippen LogP contribution in [0, 0.1) is 5.82 Å². The van der Waals surface area contributed by atoms with Crippen molar-refractivity contribution in [3.63, 3.8) is 0 Å². The molecule has 0 atom stereocenters. The molecule has 3 rings (SSSR count). The fraction of sp³-hybridized carbons (Fsp3) is 0.211. The Morgan fingerprint density at radius 2 is 1.81 bits per heavy atom. The van der Waals surface area contributed by atoms with Crippen LogP contribution in [0.1, 0.15) is 22.3 Å². The summed E-state index contributed by atoms with van der Waals surface area (Å²) >= 11 is 0. The van der Waals surface area contributed by atoms with E-state index in [0.29, 0.717) is 22.1 Å². The Kier molecular flexibility index (Phi) is 4.71. The van der Waals surface area contributed by atoms with Gasteiger partial charge in [0, 0.05) is 24.4 Å². The van der Waals surface area contributed by atoms with Gasteiger partial charge in [0.15, 0.2) is 0 Å². The summed E-state index contributed by atoms with van der Waals surface area (Å²) in [6, 6.07) is 10.1. The van der Waals surface area contributed by atoms with Gasteiger partial charge < -0.3 is 9.73 Å². The molecule has 0 spiro atoms. The van der Waals surface area contributed by atoms with Crippen LogP contribution in [0.5, 0.6) is 0 Å². The van der Waals surface area contributed by atoms with Crippen LogP contribution in [0.25, 0.3) is 22.3 Å². The van der Waals surface area contributed by atoms with Crippen molar-refractivity contribution in [2.24, 2.45) is 0 Å². The molecule has 1 N–H and O–H groups in total. The Hall–Kier alpha value is -2.83. The van der Waals surface area contributed by atoms with Gasteiger partial charge >= 0.3 is 6.18 Å². The molecule has 0 radical (unpaired) electrons. The highest BCUT2D eigenvalue weighted by atomic mass is 19.4. The number of amides is 1. The van der Waals surface area contributed by atoms with Crippen molar-refractivity contribution in [2.75, 3.05) is 7.05 Å². The van der Waals surface area contributed by atoms with Gasteiger partial charge in [-0.25, -0.2) is 4.39 Å². The van der Waals surface area contributed by atoms with Crippen molar-refractivity contribution in [1.29, 1.82) is 0 Å². The van der Waals surface area contributed by atoms with Crippen molar-refractivity contribution >= 4 is 16.9 Å². The van der Waals surface area contributed by atoms with Crippen molar-refractivity contribution in [3.8, 4) is 11.3 Å². The van der Waals surface area contributed by atoms with E-state index < -0.39 is 24.3 Å². The maximum absolute atomic E-state index is 13.2. The third kappa shape index (κ3) is 3.71. The zero-order valence-corrected chi connectivity index (χ0v) is 13.8. The van der Waals surface area contributed by atoms with E-state index in [-0.39, 0.29) is 17.7 Å². The molecule has 0 aliphatic rings. The predicted octanol–water partition coefficient (Wildman–Crippen LogP) is 5.09. The summed E-state index contributed by atoms with van der Waals surface area (Å²) < 4.78 is 56.2. The van der Waals surface area contributed by atoms with Crippen LogP contribution in [0.2, 0.25) is 0 Å². The summed E-state index contributed by atoms with van der Waals surface area (Å²) in [6.45, 7) is 0. The lowest BCUT2D eigenvalue weighted by atomic mass is 10.0. The van der Waals surface area contributed by atoms with E-state index in [1.165, 1.54) is 37.4 Å². The van der Waals surface area contributed by atoms with Crippen LogP contribution in [-0.2, 0) is 6.42 Å². The maximum atomic E-state index is 13.2. The maximum Gasteiger partial charge on any atom is 0.389 e. The second-order valence-electron chi connectivity index (χ2n) is 5.84. The molecule has 26 heavy (non-hydrogen) atoms. The minimum absolute atomic E-state index is 0.179. The van der Waals surface area contributed by atoms with Gasteiger partial charge in [-0.15, -0.1) is 0 Å². The van der Waals surface area contributed by atoms with E-state index in [1.54, 1.807) is 12.1 Å². The average Bonchev–Trinajstić information content (AvgIpc) is 2.98. The Labute approximate surface area is 146 Å². The molecule has 2 aromatic carbocycles.